The Morgan fingerprint density at radius 1 is 1.41 bits per heavy atom. The zero-order valence-corrected chi connectivity index (χ0v) is 10.1. The van der Waals surface area contributed by atoms with Crippen LogP contribution in [0.5, 0.6) is 0 Å². The maximum Gasteiger partial charge on any atom is 0.236 e. The molecule has 0 saturated heterocycles. The third-order valence-corrected chi connectivity index (χ3v) is 3.49. The second kappa shape index (κ2) is 4.72. The normalized spacial score (nSPS) is 11.8. The predicted molar refractivity (Wildman–Crippen MR) is 65.4 cm³/mol. The average molecular weight is 255 g/mol. The highest BCUT2D eigenvalue weighted by Gasteiger charge is 2.13. The number of aromatic nitrogens is 2. The first kappa shape index (κ1) is 11.9. The van der Waals surface area contributed by atoms with E-state index in [0.29, 0.717) is 5.82 Å². The SMILES string of the molecule is COCCS(=O)(=O)Nc1n[nH]c2ccccc12. The van der Waals surface area contributed by atoms with Crippen LogP contribution in [-0.4, -0.2) is 38.1 Å². The number of nitrogens with one attached hydrogen (secondary N) is 2. The summed E-state index contributed by atoms with van der Waals surface area (Å²) in [5, 5.41) is 7.44. The molecular weight excluding hydrogens is 242 g/mol. The molecule has 2 rings (SSSR count). The van der Waals surface area contributed by atoms with Gasteiger partial charge in [-0.2, -0.15) is 5.10 Å². The monoisotopic (exact) mass is 255 g/mol. The number of H-pyrrole nitrogens is 1. The number of benzene rings is 1. The fourth-order valence-corrected chi connectivity index (χ4v) is 2.37. The lowest BCUT2D eigenvalue weighted by Crippen LogP contribution is -2.20. The molecule has 0 aliphatic carbocycles. The number of nitrogens with zero attached hydrogens (tertiary/aromatic N) is 1. The summed E-state index contributed by atoms with van der Waals surface area (Å²) >= 11 is 0. The molecule has 1 heterocycles. The fraction of sp³-hybridized carbons (Fsp3) is 0.300. The molecule has 0 aliphatic rings. The zero-order chi connectivity index (χ0) is 12.3. The molecule has 6 nitrogen and oxygen atoms in total. The van der Waals surface area contributed by atoms with Crippen molar-refractivity contribution in [2.24, 2.45) is 0 Å². The van der Waals surface area contributed by atoms with Crippen LogP contribution in [-0.2, 0) is 14.8 Å². The van der Waals surface area contributed by atoms with Crippen LogP contribution in [0.3, 0.4) is 0 Å². The first-order chi connectivity index (χ1) is 8.12. The minimum Gasteiger partial charge on any atom is -0.384 e. The Hall–Kier alpha value is -1.60. The van der Waals surface area contributed by atoms with Crippen molar-refractivity contribution in [2.45, 2.75) is 0 Å². The molecule has 92 valence electrons. The minimum atomic E-state index is -3.42. The first-order valence-electron chi connectivity index (χ1n) is 5.05. The van der Waals surface area contributed by atoms with Gasteiger partial charge in [0.15, 0.2) is 5.82 Å². The van der Waals surface area contributed by atoms with E-state index >= 15 is 0 Å². The van der Waals surface area contributed by atoms with E-state index < -0.39 is 10.0 Å². The number of hydrogen-bond acceptors (Lipinski definition) is 4. The van der Waals surface area contributed by atoms with Crippen LogP contribution in [0, 0.1) is 0 Å². The molecule has 0 fully saturated rings. The second-order valence-corrected chi connectivity index (χ2v) is 5.37. The smallest absolute Gasteiger partial charge is 0.236 e. The summed E-state index contributed by atoms with van der Waals surface area (Å²) in [4.78, 5) is 0. The van der Waals surface area contributed by atoms with Crippen LogP contribution >= 0.6 is 0 Å². The van der Waals surface area contributed by atoms with Crippen LogP contribution in [0.2, 0.25) is 0 Å². The molecule has 0 atom stereocenters. The van der Waals surface area contributed by atoms with Gasteiger partial charge in [0.05, 0.1) is 17.9 Å². The number of hydrogen-bond donors (Lipinski definition) is 2. The third-order valence-electron chi connectivity index (χ3n) is 2.28. The molecule has 0 spiro atoms. The van der Waals surface area contributed by atoms with E-state index in [-0.39, 0.29) is 12.4 Å². The summed E-state index contributed by atoms with van der Waals surface area (Å²) in [7, 11) is -1.96. The van der Waals surface area contributed by atoms with Crippen molar-refractivity contribution < 1.29 is 13.2 Å². The molecule has 7 heteroatoms. The molecule has 17 heavy (non-hydrogen) atoms. The predicted octanol–water partition coefficient (Wildman–Crippen LogP) is 0.951. The van der Waals surface area contributed by atoms with Crippen LogP contribution < -0.4 is 4.72 Å². The van der Waals surface area contributed by atoms with Gasteiger partial charge in [-0.05, 0) is 12.1 Å². The van der Waals surface area contributed by atoms with Gasteiger partial charge in [-0.3, -0.25) is 9.82 Å². The average Bonchev–Trinajstić information content (AvgIpc) is 2.70. The Balaban J connectivity index is 2.24. The van der Waals surface area contributed by atoms with Gasteiger partial charge < -0.3 is 4.74 Å². The van der Waals surface area contributed by atoms with Gasteiger partial charge in [-0.25, -0.2) is 8.42 Å². The van der Waals surface area contributed by atoms with Crippen molar-refractivity contribution in [2.75, 3.05) is 24.2 Å². The lowest BCUT2D eigenvalue weighted by atomic mass is 10.2. The first-order valence-corrected chi connectivity index (χ1v) is 6.70. The third kappa shape index (κ3) is 2.75. The summed E-state index contributed by atoms with van der Waals surface area (Å²) < 4.78 is 30.5. The molecule has 0 amide bonds. The van der Waals surface area contributed by atoms with Crippen molar-refractivity contribution in [1.29, 1.82) is 0 Å². The molecule has 1 aromatic heterocycles. The fourth-order valence-electron chi connectivity index (χ4n) is 1.43. The van der Waals surface area contributed by atoms with E-state index in [1.54, 1.807) is 6.07 Å². The van der Waals surface area contributed by atoms with Crippen LogP contribution in [0.25, 0.3) is 10.9 Å². The second-order valence-electron chi connectivity index (χ2n) is 3.53. The summed E-state index contributed by atoms with van der Waals surface area (Å²) in [6.45, 7) is 0.150. The van der Waals surface area contributed by atoms with Gasteiger partial charge in [0.25, 0.3) is 0 Å². The van der Waals surface area contributed by atoms with Gasteiger partial charge >= 0.3 is 0 Å². The molecule has 0 radical (unpaired) electrons. The molecule has 0 aliphatic heterocycles. The Morgan fingerprint density at radius 2 is 2.18 bits per heavy atom. The quantitative estimate of drug-likeness (QED) is 0.833. The van der Waals surface area contributed by atoms with E-state index in [4.69, 9.17) is 4.74 Å². The van der Waals surface area contributed by atoms with Gasteiger partial charge in [0, 0.05) is 12.5 Å². The highest BCUT2D eigenvalue weighted by atomic mass is 32.2. The number of fused-ring (bicyclic) bond motifs is 1. The molecule has 0 bridgehead atoms. The van der Waals surface area contributed by atoms with E-state index in [0.717, 1.165) is 10.9 Å². The number of anilines is 1. The molecule has 0 saturated carbocycles. The number of methoxy groups -OCH3 is 1. The molecule has 2 N–H and O–H groups in total. The Kier molecular flexibility index (Phi) is 3.30. The van der Waals surface area contributed by atoms with E-state index in [9.17, 15) is 8.42 Å². The number of para-hydroxylation sites is 1. The number of ether oxygens (including phenoxy) is 1. The molecule has 0 unspecified atom stereocenters. The Morgan fingerprint density at radius 3 is 2.94 bits per heavy atom. The van der Waals surface area contributed by atoms with Crippen LogP contribution in [0.4, 0.5) is 5.82 Å². The maximum atomic E-state index is 11.7. The Bertz CT molecular complexity index is 606. The largest absolute Gasteiger partial charge is 0.384 e. The van der Waals surface area contributed by atoms with Crippen molar-refractivity contribution in [3.63, 3.8) is 0 Å². The van der Waals surface area contributed by atoms with Gasteiger partial charge in [-0.15, -0.1) is 0 Å². The van der Waals surface area contributed by atoms with E-state index in [1.807, 2.05) is 18.2 Å². The van der Waals surface area contributed by atoms with Crippen molar-refractivity contribution in [1.82, 2.24) is 10.2 Å². The lowest BCUT2D eigenvalue weighted by molar-refractivity contribution is 0.217. The summed E-state index contributed by atoms with van der Waals surface area (Å²) in [5.74, 6) is 0.224. The van der Waals surface area contributed by atoms with Gasteiger partial charge in [0.2, 0.25) is 10.0 Å². The highest BCUT2D eigenvalue weighted by molar-refractivity contribution is 7.92. The lowest BCUT2D eigenvalue weighted by Gasteiger charge is -2.04. The van der Waals surface area contributed by atoms with Crippen LogP contribution in [0.1, 0.15) is 0 Å². The topological polar surface area (TPSA) is 84.1 Å². The Labute approximate surface area is 99.0 Å². The standard InChI is InChI=1S/C10H13N3O3S/c1-16-6-7-17(14,15)13-10-8-4-2-3-5-9(8)11-12-10/h2-5H,6-7H2,1H3,(H2,11,12,13). The number of aromatic amines is 1. The summed E-state index contributed by atoms with van der Waals surface area (Å²) in [5.41, 5.74) is 0.789. The van der Waals surface area contributed by atoms with Gasteiger partial charge in [-0.1, -0.05) is 12.1 Å². The molecule has 1 aromatic carbocycles. The van der Waals surface area contributed by atoms with Gasteiger partial charge in [0.1, 0.15) is 0 Å². The maximum absolute atomic E-state index is 11.7. The molecule has 2 aromatic rings. The molecular formula is C10H13N3O3S. The van der Waals surface area contributed by atoms with Crippen LogP contribution in [0.15, 0.2) is 24.3 Å². The van der Waals surface area contributed by atoms with Crippen molar-refractivity contribution in [3.8, 4) is 0 Å². The van der Waals surface area contributed by atoms with Crippen molar-refractivity contribution in [3.05, 3.63) is 24.3 Å². The zero-order valence-electron chi connectivity index (χ0n) is 9.30. The highest BCUT2D eigenvalue weighted by Crippen LogP contribution is 2.20. The van der Waals surface area contributed by atoms with Crippen molar-refractivity contribution >= 4 is 26.7 Å². The van der Waals surface area contributed by atoms with E-state index in [2.05, 4.69) is 14.9 Å². The summed E-state index contributed by atoms with van der Waals surface area (Å²) in [6, 6.07) is 7.30. The summed E-state index contributed by atoms with van der Waals surface area (Å²) in [6.07, 6.45) is 0. The number of sulfonamides is 1. The number of rotatable bonds is 5. The van der Waals surface area contributed by atoms with E-state index in [1.165, 1.54) is 7.11 Å². The minimum absolute atomic E-state index is 0.0926.